The Labute approximate surface area is 108 Å². The molecule has 0 saturated heterocycles. The fraction of sp³-hybridized carbons (Fsp3) is 0.273. The molecule has 0 aliphatic rings. The Morgan fingerprint density at radius 1 is 1.37 bits per heavy atom. The molecule has 2 amide bonds. The Morgan fingerprint density at radius 3 is 2.74 bits per heavy atom. The van der Waals surface area contributed by atoms with E-state index in [1.54, 1.807) is 0 Å². The number of carbonyl (C=O) groups excluding carboxylic acids is 2. The molecule has 102 valence electrons. The van der Waals surface area contributed by atoms with Crippen molar-refractivity contribution in [3.8, 4) is 0 Å². The van der Waals surface area contributed by atoms with Crippen LogP contribution in [0.4, 0.5) is 4.79 Å². The van der Waals surface area contributed by atoms with E-state index in [1.165, 1.54) is 25.4 Å². The number of aromatic carboxylic acids is 1. The fourth-order valence-electron chi connectivity index (χ4n) is 1.17. The summed E-state index contributed by atoms with van der Waals surface area (Å²) >= 11 is 0. The Kier molecular flexibility index (Phi) is 5.27. The number of amides is 2. The summed E-state index contributed by atoms with van der Waals surface area (Å²) in [5.41, 5.74) is 0.481. The van der Waals surface area contributed by atoms with Crippen molar-refractivity contribution >= 4 is 18.0 Å². The summed E-state index contributed by atoms with van der Waals surface area (Å²) in [5.74, 6) is -1.64. The highest BCUT2D eigenvalue weighted by molar-refractivity contribution is 5.87. The summed E-state index contributed by atoms with van der Waals surface area (Å²) in [6.07, 6.45) is 1.34. The van der Waals surface area contributed by atoms with Crippen LogP contribution in [0.15, 0.2) is 18.3 Å². The summed E-state index contributed by atoms with van der Waals surface area (Å²) in [6.45, 7) is -0.195. The molecule has 0 aliphatic carbocycles. The average molecular weight is 267 g/mol. The number of rotatable bonds is 5. The molecule has 0 spiro atoms. The van der Waals surface area contributed by atoms with Gasteiger partial charge in [-0.25, -0.2) is 9.59 Å². The number of nitrogens with zero attached hydrogens (tertiary/aromatic N) is 1. The van der Waals surface area contributed by atoms with E-state index < -0.39 is 18.0 Å². The van der Waals surface area contributed by atoms with Crippen LogP contribution in [0, 0.1) is 0 Å². The van der Waals surface area contributed by atoms with E-state index >= 15 is 0 Å². The molecular formula is C11H13N3O5. The standard InChI is InChI=1S/C11H13N3O5/c1-19-9(15)6-14-11(18)13-5-8-4-7(10(16)17)2-3-12-8/h2-4H,5-6H2,1H3,(H,16,17)(H2,13,14,18). The number of urea groups is 1. The predicted octanol–water partition coefficient (Wildman–Crippen LogP) is -0.248. The molecule has 19 heavy (non-hydrogen) atoms. The molecule has 0 saturated carbocycles. The lowest BCUT2D eigenvalue weighted by atomic mass is 10.2. The number of hydrogen-bond acceptors (Lipinski definition) is 5. The number of carboxylic acid groups (broad SMARTS) is 1. The minimum Gasteiger partial charge on any atom is -0.478 e. The van der Waals surface area contributed by atoms with E-state index in [0.29, 0.717) is 5.69 Å². The van der Waals surface area contributed by atoms with Crippen molar-refractivity contribution in [1.29, 1.82) is 0 Å². The van der Waals surface area contributed by atoms with Gasteiger partial charge in [-0.1, -0.05) is 0 Å². The van der Waals surface area contributed by atoms with E-state index in [2.05, 4.69) is 20.4 Å². The number of carboxylic acids is 1. The maximum atomic E-state index is 11.3. The van der Waals surface area contributed by atoms with Crippen LogP contribution in [0.1, 0.15) is 16.1 Å². The van der Waals surface area contributed by atoms with E-state index in [9.17, 15) is 14.4 Å². The summed E-state index contributed by atoms with van der Waals surface area (Å²) in [6, 6.07) is 2.12. The van der Waals surface area contributed by atoms with Crippen molar-refractivity contribution in [1.82, 2.24) is 15.6 Å². The van der Waals surface area contributed by atoms with Gasteiger partial charge in [0.05, 0.1) is 24.9 Å². The Balaban J connectivity index is 2.44. The minimum absolute atomic E-state index is 0.0497. The number of nitrogens with one attached hydrogen (secondary N) is 2. The quantitative estimate of drug-likeness (QED) is 0.633. The summed E-state index contributed by atoms with van der Waals surface area (Å²) in [4.78, 5) is 36.7. The molecule has 0 radical (unpaired) electrons. The van der Waals surface area contributed by atoms with Gasteiger partial charge in [-0.05, 0) is 12.1 Å². The molecule has 1 rings (SSSR count). The highest BCUT2D eigenvalue weighted by Crippen LogP contribution is 2.01. The first-order chi connectivity index (χ1) is 9.02. The topological polar surface area (TPSA) is 118 Å². The third kappa shape index (κ3) is 5.02. The first-order valence-electron chi connectivity index (χ1n) is 5.29. The van der Waals surface area contributed by atoms with Gasteiger partial charge in [0.1, 0.15) is 6.54 Å². The molecule has 0 atom stereocenters. The van der Waals surface area contributed by atoms with Gasteiger partial charge >= 0.3 is 18.0 Å². The van der Waals surface area contributed by atoms with Gasteiger partial charge in [0, 0.05) is 6.20 Å². The summed E-state index contributed by atoms with van der Waals surface area (Å²) in [5, 5.41) is 13.5. The summed E-state index contributed by atoms with van der Waals surface area (Å²) < 4.78 is 4.35. The molecule has 1 aromatic heterocycles. The molecule has 0 bridgehead atoms. The van der Waals surface area contributed by atoms with Gasteiger partial charge in [-0.15, -0.1) is 0 Å². The molecule has 0 aromatic carbocycles. The van der Waals surface area contributed by atoms with Crippen LogP contribution < -0.4 is 10.6 Å². The maximum Gasteiger partial charge on any atom is 0.335 e. The molecule has 0 fully saturated rings. The Morgan fingerprint density at radius 2 is 2.11 bits per heavy atom. The normalized spacial score (nSPS) is 9.53. The second kappa shape index (κ2) is 6.94. The molecular weight excluding hydrogens is 254 g/mol. The molecule has 8 heteroatoms. The predicted molar refractivity (Wildman–Crippen MR) is 63.5 cm³/mol. The van der Waals surface area contributed by atoms with Crippen LogP contribution in [0.3, 0.4) is 0 Å². The van der Waals surface area contributed by atoms with Crippen LogP contribution in [0.5, 0.6) is 0 Å². The van der Waals surface area contributed by atoms with Crippen LogP contribution in [0.2, 0.25) is 0 Å². The second-order valence-electron chi connectivity index (χ2n) is 3.45. The number of esters is 1. The van der Waals surface area contributed by atoms with Gasteiger partial charge < -0.3 is 20.5 Å². The zero-order chi connectivity index (χ0) is 14.3. The lowest BCUT2D eigenvalue weighted by molar-refractivity contribution is -0.139. The Bertz CT molecular complexity index is 489. The van der Waals surface area contributed by atoms with Crippen molar-refractivity contribution in [2.75, 3.05) is 13.7 Å². The van der Waals surface area contributed by atoms with E-state index in [0.717, 1.165) is 0 Å². The Hall–Kier alpha value is -2.64. The number of hydrogen-bond donors (Lipinski definition) is 3. The van der Waals surface area contributed by atoms with Crippen molar-refractivity contribution in [3.63, 3.8) is 0 Å². The van der Waals surface area contributed by atoms with Gasteiger partial charge in [0.2, 0.25) is 0 Å². The number of carbonyl (C=O) groups is 3. The van der Waals surface area contributed by atoms with Crippen LogP contribution in [-0.2, 0) is 16.1 Å². The van der Waals surface area contributed by atoms with Crippen LogP contribution >= 0.6 is 0 Å². The first kappa shape index (κ1) is 14.4. The highest BCUT2D eigenvalue weighted by atomic mass is 16.5. The van der Waals surface area contributed by atoms with E-state index in [4.69, 9.17) is 5.11 Å². The number of pyridine rings is 1. The fourth-order valence-corrected chi connectivity index (χ4v) is 1.17. The second-order valence-corrected chi connectivity index (χ2v) is 3.45. The van der Waals surface area contributed by atoms with Crippen LogP contribution in [-0.4, -0.2) is 41.7 Å². The van der Waals surface area contributed by atoms with Crippen molar-refractivity contribution < 1.29 is 24.2 Å². The zero-order valence-electron chi connectivity index (χ0n) is 10.2. The SMILES string of the molecule is COC(=O)CNC(=O)NCc1cc(C(=O)O)ccn1. The van der Waals surface area contributed by atoms with E-state index in [-0.39, 0.29) is 18.7 Å². The maximum absolute atomic E-state index is 11.3. The number of ether oxygens (including phenoxy) is 1. The number of methoxy groups -OCH3 is 1. The molecule has 1 heterocycles. The lowest BCUT2D eigenvalue weighted by Gasteiger charge is -2.06. The third-order valence-electron chi connectivity index (χ3n) is 2.11. The van der Waals surface area contributed by atoms with Crippen molar-refractivity contribution in [2.24, 2.45) is 0 Å². The van der Waals surface area contributed by atoms with E-state index in [1.807, 2.05) is 0 Å². The minimum atomic E-state index is -1.07. The molecule has 0 unspecified atom stereocenters. The first-order valence-corrected chi connectivity index (χ1v) is 5.29. The lowest BCUT2D eigenvalue weighted by Crippen LogP contribution is -2.38. The van der Waals surface area contributed by atoms with Crippen molar-refractivity contribution in [3.05, 3.63) is 29.6 Å². The van der Waals surface area contributed by atoms with Crippen LogP contribution in [0.25, 0.3) is 0 Å². The zero-order valence-corrected chi connectivity index (χ0v) is 10.2. The monoisotopic (exact) mass is 267 g/mol. The van der Waals surface area contributed by atoms with Crippen molar-refractivity contribution in [2.45, 2.75) is 6.54 Å². The van der Waals surface area contributed by atoms with Gasteiger partial charge in [0.25, 0.3) is 0 Å². The van der Waals surface area contributed by atoms with Gasteiger partial charge in [0.15, 0.2) is 0 Å². The largest absolute Gasteiger partial charge is 0.478 e. The molecule has 3 N–H and O–H groups in total. The molecule has 1 aromatic rings. The molecule has 0 aliphatic heterocycles. The van der Waals surface area contributed by atoms with Gasteiger partial charge in [-0.3, -0.25) is 9.78 Å². The smallest absolute Gasteiger partial charge is 0.335 e. The third-order valence-corrected chi connectivity index (χ3v) is 2.11. The number of aromatic nitrogens is 1. The highest BCUT2D eigenvalue weighted by Gasteiger charge is 2.07. The average Bonchev–Trinajstić information content (AvgIpc) is 2.42. The van der Waals surface area contributed by atoms with Gasteiger partial charge in [-0.2, -0.15) is 0 Å². The molecule has 8 nitrogen and oxygen atoms in total. The summed E-state index contributed by atoms with van der Waals surface area (Å²) in [7, 11) is 1.21.